The molecule has 0 aliphatic carbocycles. The highest BCUT2D eigenvalue weighted by molar-refractivity contribution is 9.10. The van der Waals surface area contributed by atoms with Crippen LogP contribution in [0.1, 0.15) is 0 Å². The van der Waals surface area contributed by atoms with Gasteiger partial charge in [0.1, 0.15) is 11.5 Å². The van der Waals surface area contributed by atoms with Crippen LogP contribution >= 0.6 is 27.3 Å². The highest BCUT2D eigenvalue weighted by Gasteiger charge is 2.13. The number of anilines is 1. The highest BCUT2D eigenvalue weighted by atomic mass is 79.9. The fourth-order valence-corrected chi connectivity index (χ4v) is 2.63. The number of hydrogen-bond donors (Lipinski definition) is 1. The molecule has 0 aliphatic rings. The van der Waals surface area contributed by atoms with Gasteiger partial charge in [0.05, 0.1) is 15.7 Å². The van der Waals surface area contributed by atoms with Crippen LogP contribution in [0.25, 0.3) is 22.8 Å². The van der Waals surface area contributed by atoms with Gasteiger partial charge in [0, 0.05) is 10.9 Å². The van der Waals surface area contributed by atoms with Crippen LogP contribution in [-0.4, -0.2) is 15.0 Å². The average molecular weight is 333 g/mol. The van der Waals surface area contributed by atoms with Crippen LogP contribution in [0.4, 0.5) is 5.82 Å². The summed E-state index contributed by atoms with van der Waals surface area (Å²) in [4.78, 5) is 13.0. The van der Waals surface area contributed by atoms with E-state index in [1.54, 1.807) is 5.51 Å². The number of nitrogens with zero attached hydrogens (tertiary/aromatic N) is 3. The van der Waals surface area contributed by atoms with Crippen LogP contribution in [-0.2, 0) is 0 Å². The van der Waals surface area contributed by atoms with Crippen molar-refractivity contribution < 1.29 is 0 Å². The van der Waals surface area contributed by atoms with Gasteiger partial charge in [0.25, 0.3) is 0 Å². The molecule has 3 aromatic rings. The lowest BCUT2D eigenvalue weighted by Crippen LogP contribution is -2.00. The smallest absolute Gasteiger partial charge is 0.181 e. The van der Waals surface area contributed by atoms with Crippen molar-refractivity contribution in [2.45, 2.75) is 0 Å². The molecule has 0 fully saturated rings. The zero-order valence-corrected chi connectivity index (χ0v) is 12.1. The first-order valence-electron chi connectivity index (χ1n) is 5.52. The van der Waals surface area contributed by atoms with Crippen LogP contribution in [0, 0.1) is 0 Å². The molecule has 0 aliphatic heterocycles. The third-order valence-corrected chi connectivity index (χ3v) is 3.95. The number of nitrogen functional groups attached to an aromatic ring is 1. The maximum absolute atomic E-state index is 5.94. The molecule has 2 heterocycles. The summed E-state index contributed by atoms with van der Waals surface area (Å²) in [6, 6.07) is 9.85. The summed E-state index contributed by atoms with van der Waals surface area (Å²) >= 11 is 4.95. The summed E-state index contributed by atoms with van der Waals surface area (Å²) in [7, 11) is 0. The fourth-order valence-electron chi connectivity index (χ4n) is 1.69. The molecular formula is C13H9BrN4S. The minimum Gasteiger partial charge on any atom is -0.383 e. The van der Waals surface area contributed by atoms with Crippen molar-refractivity contribution in [3.63, 3.8) is 0 Å². The van der Waals surface area contributed by atoms with Crippen LogP contribution in [0.2, 0.25) is 0 Å². The predicted octanol–water partition coefficient (Wildman–Crippen LogP) is 3.61. The molecule has 0 unspecified atom stereocenters. The molecule has 4 nitrogen and oxygen atoms in total. The third-order valence-electron chi connectivity index (χ3n) is 2.59. The van der Waals surface area contributed by atoms with E-state index in [-0.39, 0.29) is 0 Å². The zero-order chi connectivity index (χ0) is 13.2. The molecule has 0 amide bonds. The van der Waals surface area contributed by atoms with Crippen molar-refractivity contribution in [3.8, 4) is 22.8 Å². The predicted molar refractivity (Wildman–Crippen MR) is 80.7 cm³/mol. The molecule has 0 saturated carbocycles. The Morgan fingerprint density at radius 3 is 2.58 bits per heavy atom. The van der Waals surface area contributed by atoms with Gasteiger partial charge in [-0.25, -0.2) is 15.0 Å². The van der Waals surface area contributed by atoms with Gasteiger partial charge >= 0.3 is 0 Å². The molecule has 0 atom stereocenters. The number of benzene rings is 1. The summed E-state index contributed by atoms with van der Waals surface area (Å²) in [5.41, 5.74) is 10.2. The molecule has 1 aromatic carbocycles. The Labute approximate surface area is 122 Å². The van der Waals surface area contributed by atoms with Crippen LogP contribution in [0.5, 0.6) is 0 Å². The second-order valence-electron chi connectivity index (χ2n) is 3.83. The first kappa shape index (κ1) is 12.3. The normalized spacial score (nSPS) is 10.6. The van der Waals surface area contributed by atoms with Gasteiger partial charge in [-0.15, -0.1) is 11.3 Å². The molecule has 0 saturated heterocycles. The largest absolute Gasteiger partial charge is 0.383 e. The molecule has 2 aromatic heterocycles. The maximum Gasteiger partial charge on any atom is 0.181 e. The number of hydrogen-bond acceptors (Lipinski definition) is 5. The Morgan fingerprint density at radius 1 is 1.11 bits per heavy atom. The molecule has 0 radical (unpaired) electrons. The molecule has 19 heavy (non-hydrogen) atoms. The zero-order valence-electron chi connectivity index (χ0n) is 9.75. The third kappa shape index (κ3) is 2.36. The van der Waals surface area contributed by atoms with Gasteiger partial charge in [-0.2, -0.15) is 0 Å². The molecule has 94 valence electrons. The summed E-state index contributed by atoms with van der Waals surface area (Å²) < 4.78 is 0.706. The molecule has 3 rings (SSSR count). The van der Waals surface area contributed by atoms with E-state index in [0.717, 1.165) is 17.0 Å². The van der Waals surface area contributed by atoms with Crippen LogP contribution in [0.15, 0.2) is 45.7 Å². The van der Waals surface area contributed by atoms with E-state index >= 15 is 0 Å². The minimum absolute atomic E-state index is 0.414. The van der Waals surface area contributed by atoms with E-state index in [0.29, 0.717) is 16.1 Å². The standard InChI is InChI=1S/C13H9BrN4S/c14-10-11(8-4-2-1-3-5-8)17-13(18-12(10)15)9-6-19-7-16-9/h1-7H,(H2,15,17,18). The lowest BCUT2D eigenvalue weighted by atomic mass is 10.1. The van der Waals surface area contributed by atoms with Gasteiger partial charge in [-0.1, -0.05) is 30.3 Å². The van der Waals surface area contributed by atoms with Crippen LogP contribution in [0.3, 0.4) is 0 Å². The topological polar surface area (TPSA) is 64.7 Å². The van der Waals surface area contributed by atoms with E-state index in [1.165, 1.54) is 11.3 Å². The lowest BCUT2D eigenvalue weighted by molar-refractivity contribution is 1.15. The van der Waals surface area contributed by atoms with Crippen molar-refractivity contribution in [2.75, 3.05) is 5.73 Å². The summed E-state index contributed by atoms with van der Waals surface area (Å²) in [6.07, 6.45) is 0. The van der Waals surface area contributed by atoms with E-state index in [2.05, 4.69) is 30.9 Å². The Hall–Kier alpha value is -1.79. The minimum atomic E-state index is 0.414. The second kappa shape index (κ2) is 5.07. The first-order chi connectivity index (χ1) is 9.25. The van der Waals surface area contributed by atoms with E-state index in [1.807, 2.05) is 35.7 Å². The highest BCUT2D eigenvalue weighted by Crippen LogP contribution is 2.31. The van der Waals surface area contributed by atoms with Gasteiger partial charge in [0.15, 0.2) is 5.82 Å². The Bertz CT molecular complexity index is 698. The SMILES string of the molecule is Nc1nc(-c2cscn2)nc(-c2ccccc2)c1Br. The maximum atomic E-state index is 5.94. The van der Waals surface area contributed by atoms with Gasteiger partial charge in [-0.3, -0.25) is 0 Å². The summed E-state index contributed by atoms with van der Waals surface area (Å²) in [6.45, 7) is 0. The molecule has 2 N–H and O–H groups in total. The van der Waals surface area contributed by atoms with E-state index in [9.17, 15) is 0 Å². The van der Waals surface area contributed by atoms with Crippen molar-refractivity contribution in [1.29, 1.82) is 0 Å². The second-order valence-corrected chi connectivity index (χ2v) is 5.35. The molecule has 6 heteroatoms. The summed E-state index contributed by atoms with van der Waals surface area (Å²) in [5, 5.41) is 1.90. The van der Waals surface area contributed by atoms with Crippen molar-refractivity contribution in [2.24, 2.45) is 0 Å². The molecular weight excluding hydrogens is 324 g/mol. The Kier molecular flexibility index (Phi) is 3.27. The fraction of sp³-hybridized carbons (Fsp3) is 0. The van der Waals surface area contributed by atoms with E-state index in [4.69, 9.17) is 5.73 Å². The molecule has 0 bridgehead atoms. The first-order valence-corrected chi connectivity index (χ1v) is 7.26. The Balaban J connectivity index is 2.20. The quantitative estimate of drug-likeness (QED) is 0.778. The molecule has 0 spiro atoms. The van der Waals surface area contributed by atoms with Gasteiger partial charge in [-0.05, 0) is 15.9 Å². The lowest BCUT2D eigenvalue weighted by Gasteiger charge is -2.07. The van der Waals surface area contributed by atoms with E-state index < -0.39 is 0 Å². The summed E-state index contributed by atoms with van der Waals surface area (Å²) in [5.74, 6) is 0.956. The van der Waals surface area contributed by atoms with Crippen molar-refractivity contribution in [3.05, 3.63) is 45.7 Å². The number of rotatable bonds is 2. The van der Waals surface area contributed by atoms with Gasteiger partial charge < -0.3 is 5.73 Å². The average Bonchev–Trinajstić information content (AvgIpc) is 2.97. The van der Waals surface area contributed by atoms with Crippen molar-refractivity contribution >= 4 is 33.1 Å². The number of halogens is 1. The number of thiazole rings is 1. The van der Waals surface area contributed by atoms with Crippen molar-refractivity contribution in [1.82, 2.24) is 15.0 Å². The number of nitrogens with two attached hydrogens (primary N) is 1. The number of aromatic nitrogens is 3. The van der Waals surface area contributed by atoms with Crippen LogP contribution < -0.4 is 5.73 Å². The monoisotopic (exact) mass is 332 g/mol. The van der Waals surface area contributed by atoms with Gasteiger partial charge in [0.2, 0.25) is 0 Å². The Morgan fingerprint density at radius 2 is 1.89 bits per heavy atom.